The number of allylic oxidation sites excluding steroid dienone is 1. The van der Waals surface area contributed by atoms with Crippen LogP contribution >= 0.6 is 0 Å². The number of likely N-dealkylation sites (N-methyl/N-ethyl adjacent to an activating group) is 1. The number of ether oxygens (including phenoxy) is 2. The zero-order chi connectivity index (χ0) is 22.6. The fourth-order valence-electron chi connectivity index (χ4n) is 3.57. The Morgan fingerprint density at radius 1 is 1.10 bits per heavy atom. The lowest BCUT2D eigenvalue weighted by atomic mass is 9.83. The van der Waals surface area contributed by atoms with E-state index in [4.69, 9.17) is 4.74 Å². The lowest BCUT2D eigenvalue weighted by molar-refractivity contribution is -0.141. The largest absolute Gasteiger partial charge is 0.454 e. The Morgan fingerprint density at radius 2 is 1.77 bits per heavy atom. The Hall–Kier alpha value is -3.48. The highest BCUT2D eigenvalue weighted by Crippen LogP contribution is 2.46. The molecule has 0 fully saturated rings. The SMILES string of the molecule is CN1/C(=C/C(=O)COC(=O)/C=C/c2ccc(OC(F)F)cc2)C(C)(C)c2ccccc21. The van der Waals surface area contributed by atoms with Crippen molar-refractivity contribution in [3.05, 3.63) is 77.5 Å². The number of carbonyl (C=O) groups excluding carboxylic acids is 2. The molecule has 0 radical (unpaired) electrons. The van der Waals surface area contributed by atoms with Crippen LogP contribution in [0.3, 0.4) is 0 Å². The van der Waals surface area contributed by atoms with Gasteiger partial charge < -0.3 is 14.4 Å². The second-order valence-electron chi connectivity index (χ2n) is 7.59. The van der Waals surface area contributed by atoms with Crippen molar-refractivity contribution in [2.75, 3.05) is 18.6 Å². The third-order valence-electron chi connectivity index (χ3n) is 5.11. The third-order valence-corrected chi connectivity index (χ3v) is 5.11. The summed E-state index contributed by atoms with van der Waals surface area (Å²) in [6, 6.07) is 13.7. The number of esters is 1. The van der Waals surface area contributed by atoms with Gasteiger partial charge in [0.2, 0.25) is 0 Å². The van der Waals surface area contributed by atoms with E-state index in [0.29, 0.717) is 5.56 Å². The summed E-state index contributed by atoms with van der Waals surface area (Å²) in [4.78, 5) is 26.3. The molecule has 1 aliphatic heterocycles. The molecule has 0 aromatic heterocycles. The standard InChI is InChI=1S/C24H23F2NO4/c1-24(2)19-6-4-5-7-20(19)27(3)21(24)14-17(28)15-30-22(29)13-10-16-8-11-18(12-9-16)31-23(25)26/h4-14,23H,15H2,1-3H3/b13-10+,21-14+. The predicted molar refractivity (Wildman–Crippen MR) is 114 cm³/mol. The fraction of sp³-hybridized carbons (Fsp3) is 0.250. The van der Waals surface area contributed by atoms with Crippen molar-refractivity contribution in [3.63, 3.8) is 0 Å². The lowest BCUT2D eigenvalue weighted by Gasteiger charge is -2.23. The monoisotopic (exact) mass is 427 g/mol. The first-order valence-corrected chi connectivity index (χ1v) is 9.66. The van der Waals surface area contributed by atoms with Crippen LogP contribution in [0.2, 0.25) is 0 Å². The second kappa shape index (κ2) is 9.12. The maximum absolute atomic E-state index is 12.4. The van der Waals surface area contributed by atoms with Gasteiger partial charge in [0, 0.05) is 36.0 Å². The summed E-state index contributed by atoms with van der Waals surface area (Å²) >= 11 is 0. The number of alkyl halides is 2. The first kappa shape index (κ1) is 22.2. The first-order chi connectivity index (χ1) is 14.7. The number of para-hydroxylation sites is 1. The molecular formula is C24H23F2NO4. The topological polar surface area (TPSA) is 55.8 Å². The van der Waals surface area contributed by atoms with Gasteiger partial charge in [-0.1, -0.05) is 44.2 Å². The maximum Gasteiger partial charge on any atom is 0.387 e. The molecule has 0 saturated carbocycles. The van der Waals surface area contributed by atoms with Crippen LogP contribution in [0.5, 0.6) is 5.75 Å². The van der Waals surface area contributed by atoms with Crippen molar-refractivity contribution in [1.82, 2.24) is 0 Å². The minimum atomic E-state index is -2.90. The molecule has 1 heterocycles. The summed E-state index contributed by atoms with van der Waals surface area (Å²) in [6.07, 6.45) is 4.14. The van der Waals surface area contributed by atoms with Crippen LogP contribution in [0.25, 0.3) is 6.08 Å². The number of hydrogen-bond acceptors (Lipinski definition) is 5. The molecule has 0 spiro atoms. The quantitative estimate of drug-likeness (QED) is 0.473. The van der Waals surface area contributed by atoms with E-state index < -0.39 is 12.6 Å². The highest BCUT2D eigenvalue weighted by atomic mass is 19.3. The highest BCUT2D eigenvalue weighted by molar-refractivity contribution is 5.96. The predicted octanol–water partition coefficient (Wildman–Crippen LogP) is 4.73. The molecule has 2 aromatic rings. The molecule has 0 bridgehead atoms. The molecule has 7 heteroatoms. The minimum Gasteiger partial charge on any atom is -0.454 e. The lowest BCUT2D eigenvalue weighted by Crippen LogP contribution is -2.25. The van der Waals surface area contributed by atoms with E-state index in [9.17, 15) is 18.4 Å². The number of hydrogen-bond donors (Lipinski definition) is 0. The van der Waals surface area contributed by atoms with E-state index in [-0.39, 0.29) is 23.6 Å². The Labute approximate surface area is 179 Å². The average Bonchev–Trinajstić information content (AvgIpc) is 2.92. The molecule has 0 amide bonds. The summed E-state index contributed by atoms with van der Waals surface area (Å²) < 4.78 is 33.6. The highest BCUT2D eigenvalue weighted by Gasteiger charge is 2.38. The van der Waals surface area contributed by atoms with E-state index in [1.54, 1.807) is 0 Å². The number of halogens is 2. The molecule has 3 rings (SSSR count). The van der Waals surface area contributed by atoms with Crippen LogP contribution in [0.4, 0.5) is 14.5 Å². The van der Waals surface area contributed by atoms with Crippen molar-refractivity contribution in [2.24, 2.45) is 0 Å². The Bertz CT molecular complexity index is 1030. The zero-order valence-corrected chi connectivity index (χ0v) is 17.5. The molecule has 0 unspecified atom stereocenters. The normalized spacial score (nSPS) is 16.1. The van der Waals surface area contributed by atoms with Gasteiger partial charge in [-0.25, -0.2) is 4.79 Å². The van der Waals surface area contributed by atoms with Gasteiger partial charge in [0.05, 0.1) is 0 Å². The summed E-state index contributed by atoms with van der Waals surface area (Å²) in [6.45, 7) is 0.808. The van der Waals surface area contributed by atoms with Crippen molar-refractivity contribution < 1.29 is 27.8 Å². The summed E-state index contributed by atoms with van der Waals surface area (Å²) in [7, 11) is 1.90. The zero-order valence-electron chi connectivity index (χ0n) is 17.5. The number of anilines is 1. The van der Waals surface area contributed by atoms with Crippen molar-refractivity contribution in [3.8, 4) is 5.75 Å². The number of ketones is 1. The molecule has 0 N–H and O–H groups in total. The van der Waals surface area contributed by atoms with Crippen LogP contribution in [-0.4, -0.2) is 32.0 Å². The maximum atomic E-state index is 12.4. The Kier molecular flexibility index (Phi) is 6.53. The first-order valence-electron chi connectivity index (χ1n) is 9.66. The summed E-state index contributed by atoms with van der Waals surface area (Å²) in [5, 5.41) is 0. The third kappa shape index (κ3) is 5.17. The number of nitrogens with zero attached hydrogens (tertiary/aromatic N) is 1. The van der Waals surface area contributed by atoms with Gasteiger partial charge in [-0.05, 0) is 35.4 Å². The van der Waals surface area contributed by atoms with E-state index in [1.165, 1.54) is 42.5 Å². The van der Waals surface area contributed by atoms with Crippen LogP contribution in [0, 0.1) is 0 Å². The van der Waals surface area contributed by atoms with E-state index in [0.717, 1.165) is 16.9 Å². The van der Waals surface area contributed by atoms with E-state index in [1.807, 2.05) is 50.1 Å². The number of carbonyl (C=O) groups is 2. The van der Waals surface area contributed by atoms with Crippen LogP contribution < -0.4 is 9.64 Å². The summed E-state index contributed by atoms with van der Waals surface area (Å²) in [5.41, 5.74) is 3.25. The number of rotatable bonds is 7. The Balaban J connectivity index is 1.57. The average molecular weight is 427 g/mol. The van der Waals surface area contributed by atoms with Crippen LogP contribution in [0.15, 0.2) is 66.4 Å². The van der Waals surface area contributed by atoms with Gasteiger partial charge in [-0.3, -0.25) is 4.79 Å². The smallest absolute Gasteiger partial charge is 0.387 e. The molecule has 0 atom stereocenters. The van der Waals surface area contributed by atoms with Gasteiger partial charge in [0.15, 0.2) is 12.4 Å². The fourth-order valence-corrected chi connectivity index (χ4v) is 3.57. The van der Waals surface area contributed by atoms with Crippen molar-refractivity contribution in [1.29, 1.82) is 0 Å². The van der Waals surface area contributed by atoms with E-state index in [2.05, 4.69) is 4.74 Å². The molecule has 2 aromatic carbocycles. The van der Waals surface area contributed by atoms with Crippen LogP contribution in [-0.2, 0) is 19.7 Å². The number of benzene rings is 2. The van der Waals surface area contributed by atoms with Gasteiger partial charge >= 0.3 is 12.6 Å². The second-order valence-corrected chi connectivity index (χ2v) is 7.59. The van der Waals surface area contributed by atoms with Gasteiger partial charge in [0.1, 0.15) is 5.75 Å². The van der Waals surface area contributed by atoms with Crippen molar-refractivity contribution in [2.45, 2.75) is 25.9 Å². The molecular weight excluding hydrogens is 404 g/mol. The molecule has 162 valence electrons. The Morgan fingerprint density at radius 3 is 2.42 bits per heavy atom. The molecule has 0 saturated heterocycles. The molecule has 1 aliphatic rings. The molecule has 0 aliphatic carbocycles. The van der Waals surface area contributed by atoms with Crippen molar-refractivity contribution >= 4 is 23.5 Å². The van der Waals surface area contributed by atoms with Gasteiger partial charge in [0.25, 0.3) is 0 Å². The number of fused-ring (bicyclic) bond motifs is 1. The van der Waals surface area contributed by atoms with Crippen LogP contribution in [0.1, 0.15) is 25.0 Å². The van der Waals surface area contributed by atoms with Gasteiger partial charge in [-0.15, -0.1) is 0 Å². The molecule has 31 heavy (non-hydrogen) atoms. The van der Waals surface area contributed by atoms with E-state index >= 15 is 0 Å². The minimum absolute atomic E-state index is 0.0234. The van der Waals surface area contributed by atoms with Gasteiger partial charge in [-0.2, -0.15) is 8.78 Å². The molecule has 5 nitrogen and oxygen atoms in total. The summed E-state index contributed by atoms with van der Waals surface area (Å²) in [5.74, 6) is -0.977.